The molecule has 1 aliphatic rings. The van der Waals surface area contributed by atoms with Crippen LogP contribution in [0.2, 0.25) is 0 Å². The van der Waals surface area contributed by atoms with Gasteiger partial charge in [-0.3, -0.25) is 0 Å². The van der Waals surface area contributed by atoms with E-state index in [9.17, 15) is 15.0 Å². The van der Waals surface area contributed by atoms with Gasteiger partial charge in [0.15, 0.2) is 12.4 Å². The molecule has 7 nitrogen and oxygen atoms in total. The summed E-state index contributed by atoms with van der Waals surface area (Å²) in [6.45, 7) is 0. The fraction of sp³-hybridized carbons (Fsp3) is 0.857. The maximum Gasteiger partial charge on any atom is 0.334 e. The van der Waals surface area contributed by atoms with E-state index in [-0.39, 0.29) is 0 Å². The van der Waals surface area contributed by atoms with Crippen molar-refractivity contribution in [3.05, 3.63) is 0 Å². The van der Waals surface area contributed by atoms with Gasteiger partial charge in [-0.25, -0.2) is 4.79 Å². The van der Waals surface area contributed by atoms with Gasteiger partial charge in [0.1, 0.15) is 12.2 Å². The maximum atomic E-state index is 10.6. The van der Waals surface area contributed by atoms with E-state index in [1.807, 2.05) is 0 Å². The molecule has 5 atom stereocenters. The quantitative estimate of drug-likeness (QED) is 0.394. The highest BCUT2D eigenvalue weighted by Crippen LogP contribution is 2.20. The molecule has 0 aliphatic carbocycles. The molecule has 5 N–H and O–H groups in total. The number of aliphatic hydroxyl groups excluding tert-OH is 2. The van der Waals surface area contributed by atoms with E-state index in [1.54, 1.807) is 0 Å². The van der Waals surface area contributed by atoms with E-state index in [2.05, 4.69) is 4.74 Å². The summed E-state index contributed by atoms with van der Waals surface area (Å²) >= 11 is 0. The highest BCUT2D eigenvalue weighted by atomic mass is 16.7. The van der Waals surface area contributed by atoms with Crippen LogP contribution in [-0.4, -0.2) is 59.0 Å². The second-order valence-electron chi connectivity index (χ2n) is 3.06. The van der Waals surface area contributed by atoms with E-state index in [1.165, 1.54) is 7.11 Å². The topological polar surface area (TPSA) is 122 Å². The molecule has 1 heterocycles. The second kappa shape index (κ2) is 4.20. The van der Waals surface area contributed by atoms with Crippen molar-refractivity contribution in [1.82, 2.24) is 0 Å². The normalized spacial score (nSPS) is 43.6. The molecule has 1 fully saturated rings. The van der Waals surface area contributed by atoms with Crippen molar-refractivity contribution in [3.8, 4) is 0 Å². The van der Waals surface area contributed by atoms with Crippen molar-refractivity contribution in [1.29, 1.82) is 0 Å². The van der Waals surface area contributed by atoms with E-state index in [4.69, 9.17) is 15.6 Å². The highest BCUT2D eigenvalue weighted by Gasteiger charge is 2.45. The number of carboxylic acids is 1. The summed E-state index contributed by atoms with van der Waals surface area (Å²) in [6.07, 6.45) is -5.27. The summed E-state index contributed by atoms with van der Waals surface area (Å²) in [6, 6.07) is -1.17. The van der Waals surface area contributed by atoms with Gasteiger partial charge in [0.25, 0.3) is 0 Å². The third-order valence-electron chi connectivity index (χ3n) is 2.13. The third kappa shape index (κ3) is 1.86. The van der Waals surface area contributed by atoms with Gasteiger partial charge in [-0.1, -0.05) is 0 Å². The van der Waals surface area contributed by atoms with Crippen LogP contribution in [0.1, 0.15) is 0 Å². The average molecular weight is 207 g/mol. The Balaban J connectivity index is 2.78. The second-order valence-corrected chi connectivity index (χ2v) is 3.06. The third-order valence-corrected chi connectivity index (χ3v) is 2.13. The Morgan fingerprint density at radius 2 is 2.00 bits per heavy atom. The standard InChI is InChI=1S/C7H13NO6/c1-13-7-4(10)3(9)2(8)5(14-7)6(11)12/h2-5,7,9-10H,8H2,1H3,(H,11,12). The number of hydrogen-bond acceptors (Lipinski definition) is 6. The number of ether oxygens (including phenoxy) is 2. The first-order valence-electron chi connectivity index (χ1n) is 4.01. The molecule has 0 aromatic carbocycles. The number of aliphatic hydroxyl groups is 2. The van der Waals surface area contributed by atoms with Crippen molar-refractivity contribution in [3.63, 3.8) is 0 Å². The van der Waals surface area contributed by atoms with Crippen molar-refractivity contribution in [2.75, 3.05) is 7.11 Å². The molecule has 1 aliphatic heterocycles. The molecule has 0 spiro atoms. The minimum Gasteiger partial charge on any atom is -0.479 e. The smallest absolute Gasteiger partial charge is 0.334 e. The first-order valence-corrected chi connectivity index (χ1v) is 4.01. The largest absolute Gasteiger partial charge is 0.479 e. The van der Waals surface area contributed by atoms with Gasteiger partial charge >= 0.3 is 5.97 Å². The van der Waals surface area contributed by atoms with Gasteiger partial charge < -0.3 is 30.5 Å². The molecule has 0 bridgehead atoms. The molecule has 0 aromatic heterocycles. The molecule has 82 valence electrons. The molecule has 0 aromatic rings. The molecular weight excluding hydrogens is 194 g/mol. The molecule has 1 rings (SSSR count). The Kier molecular flexibility index (Phi) is 3.40. The van der Waals surface area contributed by atoms with Crippen molar-refractivity contribution < 1.29 is 29.6 Å². The number of hydrogen-bond donors (Lipinski definition) is 4. The van der Waals surface area contributed by atoms with E-state index < -0.39 is 36.6 Å². The van der Waals surface area contributed by atoms with Gasteiger partial charge in [0.2, 0.25) is 0 Å². The number of carboxylic acid groups (broad SMARTS) is 1. The van der Waals surface area contributed by atoms with Crippen LogP contribution in [0.25, 0.3) is 0 Å². The monoisotopic (exact) mass is 207 g/mol. The van der Waals surface area contributed by atoms with Crippen molar-refractivity contribution >= 4 is 5.97 Å². The van der Waals surface area contributed by atoms with Crippen molar-refractivity contribution in [2.24, 2.45) is 5.73 Å². The lowest BCUT2D eigenvalue weighted by Crippen LogP contribution is -2.63. The van der Waals surface area contributed by atoms with Gasteiger partial charge in [0, 0.05) is 7.11 Å². The van der Waals surface area contributed by atoms with Crippen LogP contribution in [0.5, 0.6) is 0 Å². The molecule has 7 heteroatoms. The van der Waals surface area contributed by atoms with Crippen LogP contribution in [0.4, 0.5) is 0 Å². The van der Waals surface area contributed by atoms with Crippen LogP contribution < -0.4 is 5.73 Å². The fourth-order valence-electron chi connectivity index (χ4n) is 1.30. The Morgan fingerprint density at radius 1 is 1.43 bits per heavy atom. The Morgan fingerprint density at radius 3 is 2.43 bits per heavy atom. The number of methoxy groups -OCH3 is 1. The molecule has 0 saturated carbocycles. The SMILES string of the molecule is COC1OC(C(=O)O)C(N)C(O)C1O. The predicted octanol–water partition coefficient (Wildman–Crippen LogP) is -2.51. The van der Waals surface area contributed by atoms with Gasteiger partial charge in [-0.05, 0) is 0 Å². The summed E-state index contributed by atoms with van der Waals surface area (Å²) in [4.78, 5) is 10.6. The summed E-state index contributed by atoms with van der Waals surface area (Å²) in [5.41, 5.74) is 5.36. The lowest BCUT2D eigenvalue weighted by Gasteiger charge is -2.38. The lowest BCUT2D eigenvalue weighted by molar-refractivity contribution is -0.263. The first-order chi connectivity index (χ1) is 6.49. The zero-order valence-corrected chi connectivity index (χ0v) is 7.53. The minimum atomic E-state index is -1.38. The summed E-state index contributed by atoms with van der Waals surface area (Å²) < 4.78 is 9.49. The maximum absolute atomic E-state index is 10.6. The van der Waals surface area contributed by atoms with Gasteiger partial charge in [-0.2, -0.15) is 0 Å². The minimum absolute atomic E-state index is 1.17. The molecular formula is C7H13NO6. The Hall–Kier alpha value is -0.730. The zero-order chi connectivity index (χ0) is 10.9. The number of aliphatic carboxylic acids is 1. The first kappa shape index (κ1) is 11.3. The molecule has 0 amide bonds. The molecule has 1 saturated heterocycles. The average Bonchev–Trinajstić information content (AvgIpc) is 2.14. The van der Waals surface area contributed by atoms with Gasteiger partial charge in [-0.15, -0.1) is 0 Å². The predicted molar refractivity (Wildman–Crippen MR) is 43.3 cm³/mol. The van der Waals surface area contributed by atoms with Crippen molar-refractivity contribution in [2.45, 2.75) is 30.6 Å². The highest BCUT2D eigenvalue weighted by molar-refractivity contribution is 5.73. The summed E-state index contributed by atoms with van der Waals surface area (Å²) in [5, 5.41) is 27.4. The Bertz CT molecular complexity index is 220. The van der Waals surface area contributed by atoms with Crippen LogP contribution in [0.3, 0.4) is 0 Å². The summed E-state index contributed by atoms with van der Waals surface area (Å²) in [7, 11) is 1.23. The van der Waals surface area contributed by atoms with Crippen LogP contribution in [-0.2, 0) is 14.3 Å². The van der Waals surface area contributed by atoms with Crippen LogP contribution in [0.15, 0.2) is 0 Å². The number of nitrogens with two attached hydrogens (primary N) is 1. The Labute approximate surface area is 80.0 Å². The molecule has 5 unspecified atom stereocenters. The van der Waals surface area contributed by atoms with Gasteiger partial charge in [0.05, 0.1) is 6.04 Å². The van der Waals surface area contributed by atoms with E-state index in [0.29, 0.717) is 0 Å². The fourth-order valence-corrected chi connectivity index (χ4v) is 1.30. The number of rotatable bonds is 2. The number of carbonyl (C=O) groups is 1. The lowest BCUT2D eigenvalue weighted by atomic mass is 9.97. The molecule has 14 heavy (non-hydrogen) atoms. The zero-order valence-electron chi connectivity index (χ0n) is 7.53. The van der Waals surface area contributed by atoms with Crippen LogP contribution >= 0.6 is 0 Å². The van der Waals surface area contributed by atoms with E-state index >= 15 is 0 Å². The van der Waals surface area contributed by atoms with Crippen LogP contribution in [0, 0.1) is 0 Å². The van der Waals surface area contributed by atoms with E-state index in [0.717, 1.165) is 0 Å². The summed E-state index contributed by atoms with van der Waals surface area (Å²) in [5.74, 6) is -1.30. The molecule has 0 radical (unpaired) electrons.